The molecule has 2 heterocycles. The smallest absolute Gasteiger partial charge is 0.210 e. The Kier molecular flexibility index (Phi) is 14.2. The third-order valence-corrected chi connectivity index (χ3v) is 9.35. The van der Waals surface area contributed by atoms with E-state index in [1.54, 1.807) is 41.3 Å². The number of carbonyl (C=O) groups excluding carboxylic acids is 2. The van der Waals surface area contributed by atoms with Crippen LogP contribution in [0.25, 0.3) is 0 Å². The fourth-order valence-electron chi connectivity index (χ4n) is 5.68. The number of likely N-dealkylation sites (N-methyl/N-ethyl adjacent to an activating group) is 1. The molecule has 0 aliphatic carbocycles. The summed E-state index contributed by atoms with van der Waals surface area (Å²) in [7, 11) is -0.960. The molecule has 7 nitrogen and oxygen atoms in total. The first kappa shape index (κ1) is 35.1. The van der Waals surface area contributed by atoms with Gasteiger partial charge in [-0.05, 0) is 86.6 Å². The zero-order chi connectivity index (χ0) is 32.0. The van der Waals surface area contributed by atoms with Crippen LogP contribution in [0.4, 0.5) is 4.39 Å². The molecule has 2 atom stereocenters. The molecule has 2 fully saturated rings. The number of benzene rings is 3. The van der Waals surface area contributed by atoms with Crippen LogP contribution in [0.3, 0.4) is 0 Å². The van der Waals surface area contributed by atoms with E-state index in [0.29, 0.717) is 23.6 Å². The SMILES string of the molecule is CS(=O)(=O)c1ccc(CN(C=O)CCC2CCNCC2)cc1.C[C@H]1CN(C)CC1c1ccccc1.O=Cc1ccccc1F. The first-order valence-corrected chi connectivity index (χ1v) is 17.1. The Morgan fingerprint density at radius 3 is 2.09 bits per heavy atom. The van der Waals surface area contributed by atoms with Crippen LogP contribution in [0.5, 0.6) is 0 Å². The summed E-state index contributed by atoms with van der Waals surface area (Å²) in [5, 5.41) is 3.34. The average Bonchev–Trinajstić information content (AvgIpc) is 3.38. The van der Waals surface area contributed by atoms with Gasteiger partial charge in [0.1, 0.15) is 5.82 Å². The van der Waals surface area contributed by atoms with Crippen molar-refractivity contribution in [3.8, 4) is 0 Å². The van der Waals surface area contributed by atoms with Gasteiger partial charge in [0.2, 0.25) is 6.41 Å². The predicted molar refractivity (Wildman–Crippen MR) is 174 cm³/mol. The molecule has 9 heteroatoms. The van der Waals surface area contributed by atoms with Gasteiger partial charge in [0.05, 0.1) is 10.5 Å². The summed E-state index contributed by atoms with van der Waals surface area (Å²) in [4.78, 5) is 25.7. The zero-order valence-electron chi connectivity index (χ0n) is 26.1. The number of rotatable bonds is 9. The van der Waals surface area contributed by atoms with Crippen molar-refractivity contribution in [2.45, 2.75) is 43.5 Å². The summed E-state index contributed by atoms with van der Waals surface area (Å²) >= 11 is 0. The lowest BCUT2D eigenvalue weighted by Gasteiger charge is -2.25. The van der Waals surface area contributed by atoms with E-state index in [9.17, 15) is 22.4 Å². The van der Waals surface area contributed by atoms with Crippen molar-refractivity contribution in [2.24, 2.45) is 11.8 Å². The molecule has 2 aliphatic rings. The summed E-state index contributed by atoms with van der Waals surface area (Å²) in [6.45, 7) is 8.21. The van der Waals surface area contributed by atoms with Gasteiger partial charge in [-0.15, -0.1) is 0 Å². The molecule has 1 amide bonds. The van der Waals surface area contributed by atoms with Gasteiger partial charge in [-0.2, -0.15) is 0 Å². The monoisotopic (exact) mass is 623 g/mol. The largest absolute Gasteiger partial charge is 0.341 e. The topological polar surface area (TPSA) is 86.8 Å². The fraction of sp³-hybridized carbons (Fsp3) is 0.429. The van der Waals surface area contributed by atoms with Crippen LogP contribution in [0, 0.1) is 17.7 Å². The maximum absolute atomic E-state index is 12.4. The Morgan fingerprint density at radius 1 is 0.932 bits per heavy atom. The summed E-state index contributed by atoms with van der Waals surface area (Å²) in [5.74, 6) is 1.77. The van der Waals surface area contributed by atoms with E-state index < -0.39 is 15.7 Å². The minimum atomic E-state index is -3.17. The number of nitrogens with one attached hydrogen (secondary N) is 1. The Hall–Kier alpha value is -3.40. The fourth-order valence-corrected chi connectivity index (χ4v) is 6.31. The van der Waals surface area contributed by atoms with Crippen molar-refractivity contribution in [3.63, 3.8) is 0 Å². The third kappa shape index (κ3) is 11.6. The number of halogens is 1. The number of nitrogens with zero attached hydrogens (tertiary/aromatic N) is 2. The van der Waals surface area contributed by atoms with E-state index in [4.69, 9.17) is 0 Å². The second-order valence-corrected chi connectivity index (χ2v) is 13.8. The van der Waals surface area contributed by atoms with Crippen LogP contribution in [-0.2, 0) is 21.2 Å². The van der Waals surface area contributed by atoms with Gasteiger partial charge in [-0.1, -0.05) is 61.5 Å². The van der Waals surface area contributed by atoms with E-state index in [-0.39, 0.29) is 5.56 Å². The van der Waals surface area contributed by atoms with Crippen LogP contribution >= 0.6 is 0 Å². The number of aldehydes is 1. The van der Waals surface area contributed by atoms with E-state index >= 15 is 0 Å². The highest BCUT2D eigenvalue weighted by atomic mass is 32.2. The van der Waals surface area contributed by atoms with Gasteiger partial charge in [-0.3, -0.25) is 9.59 Å². The number of carbonyl (C=O) groups is 2. The number of sulfone groups is 1. The van der Waals surface area contributed by atoms with Crippen LogP contribution in [0.2, 0.25) is 0 Å². The van der Waals surface area contributed by atoms with Crippen molar-refractivity contribution in [2.75, 3.05) is 46.0 Å². The molecular weight excluding hydrogens is 577 g/mol. The lowest BCUT2D eigenvalue weighted by molar-refractivity contribution is -0.118. The number of amides is 1. The molecule has 0 radical (unpaired) electrons. The molecule has 5 rings (SSSR count). The highest BCUT2D eigenvalue weighted by Gasteiger charge is 2.28. The van der Waals surface area contributed by atoms with Gasteiger partial charge in [0.15, 0.2) is 16.1 Å². The molecule has 2 saturated heterocycles. The van der Waals surface area contributed by atoms with Gasteiger partial charge in [-0.25, -0.2) is 12.8 Å². The van der Waals surface area contributed by atoms with Crippen LogP contribution in [0.15, 0.2) is 83.8 Å². The van der Waals surface area contributed by atoms with Gasteiger partial charge in [0, 0.05) is 38.4 Å². The van der Waals surface area contributed by atoms with Gasteiger partial charge < -0.3 is 15.1 Å². The second kappa shape index (κ2) is 17.8. The standard InChI is InChI=1S/C16H24N2O3S.C12H17N.C7H5FO/c1-22(20,21)16-4-2-15(3-5-16)12-18(13-19)11-8-14-6-9-17-10-7-14;1-10-8-13(2)9-12(10)11-6-4-3-5-7-11;8-7-4-2-1-3-6(7)5-9/h2-5,13-14,17H,6-12H2,1H3;3-7,10,12H,8-9H2,1-2H3;1-5H/t;10-,12?;/m.0./s1. The molecule has 0 spiro atoms. The van der Waals surface area contributed by atoms with E-state index in [1.165, 1.54) is 49.9 Å². The van der Waals surface area contributed by atoms with Crippen LogP contribution in [-0.4, -0.2) is 76.9 Å². The summed E-state index contributed by atoms with van der Waals surface area (Å²) in [6.07, 6.45) is 5.95. The molecule has 238 valence electrons. The molecular formula is C35H46FN3O4S. The molecule has 0 bridgehead atoms. The molecule has 1 N–H and O–H groups in total. The van der Waals surface area contributed by atoms with E-state index in [2.05, 4.69) is 54.5 Å². The quantitative estimate of drug-likeness (QED) is 0.320. The normalized spacial score (nSPS) is 18.7. The summed E-state index contributed by atoms with van der Waals surface area (Å²) in [6, 6.07) is 23.5. The third-order valence-electron chi connectivity index (χ3n) is 8.22. The maximum atomic E-state index is 12.4. The molecule has 3 aromatic carbocycles. The number of hydrogen-bond acceptors (Lipinski definition) is 6. The van der Waals surface area contributed by atoms with Crippen LogP contribution in [0.1, 0.15) is 53.6 Å². The Morgan fingerprint density at radius 2 is 1.57 bits per heavy atom. The van der Waals surface area contributed by atoms with Gasteiger partial charge in [0.25, 0.3) is 0 Å². The zero-order valence-corrected chi connectivity index (χ0v) is 26.9. The molecule has 44 heavy (non-hydrogen) atoms. The summed E-state index contributed by atoms with van der Waals surface area (Å²) in [5.41, 5.74) is 2.56. The Balaban J connectivity index is 0.000000202. The van der Waals surface area contributed by atoms with Gasteiger partial charge >= 0.3 is 0 Å². The second-order valence-electron chi connectivity index (χ2n) is 11.8. The minimum Gasteiger partial charge on any atom is -0.341 e. The van der Waals surface area contributed by atoms with Crippen molar-refractivity contribution in [3.05, 3.63) is 101 Å². The minimum absolute atomic E-state index is 0.109. The molecule has 3 aromatic rings. The summed E-state index contributed by atoms with van der Waals surface area (Å²) < 4.78 is 35.2. The van der Waals surface area contributed by atoms with Crippen molar-refractivity contribution in [1.29, 1.82) is 0 Å². The highest BCUT2D eigenvalue weighted by Crippen LogP contribution is 2.31. The molecule has 0 saturated carbocycles. The average molecular weight is 624 g/mol. The lowest BCUT2D eigenvalue weighted by Crippen LogP contribution is -2.31. The Bertz CT molecular complexity index is 1400. The first-order chi connectivity index (χ1) is 21.1. The predicted octanol–water partition coefficient (Wildman–Crippen LogP) is 5.43. The molecule has 2 aliphatic heterocycles. The number of likely N-dealkylation sites (tertiary alicyclic amines) is 1. The van der Waals surface area contributed by atoms with E-state index in [1.807, 2.05) is 0 Å². The molecule has 0 aromatic heterocycles. The van der Waals surface area contributed by atoms with Crippen molar-refractivity contribution >= 4 is 22.5 Å². The molecule has 1 unspecified atom stereocenters. The first-order valence-electron chi connectivity index (χ1n) is 15.2. The number of hydrogen-bond donors (Lipinski definition) is 1. The lowest BCUT2D eigenvalue weighted by atomic mass is 9.90. The van der Waals surface area contributed by atoms with Crippen molar-refractivity contribution in [1.82, 2.24) is 15.1 Å². The maximum Gasteiger partial charge on any atom is 0.210 e. The van der Waals surface area contributed by atoms with E-state index in [0.717, 1.165) is 49.9 Å². The Labute approximate surface area is 262 Å². The highest BCUT2D eigenvalue weighted by molar-refractivity contribution is 7.90. The van der Waals surface area contributed by atoms with Crippen LogP contribution < -0.4 is 5.32 Å². The van der Waals surface area contributed by atoms with Crippen molar-refractivity contribution < 1.29 is 22.4 Å². The number of piperidine rings is 1.